The van der Waals surface area contributed by atoms with Gasteiger partial charge in [-0.1, -0.05) is 12.1 Å². The highest BCUT2D eigenvalue weighted by Gasteiger charge is 2.36. The van der Waals surface area contributed by atoms with Gasteiger partial charge < -0.3 is 4.74 Å². The summed E-state index contributed by atoms with van der Waals surface area (Å²) in [6.07, 6.45) is 5.24. The number of fused-ring (bicyclic) bond motifs is 1. The summed E-state index contributed by atoms with van der Waals surface area (Å²) < 4.78 is 5.81. The molecule has 3 rings (SSSR count). The van der Waals surface area contributed by atoms with Gasteiger partial charge in [0.15, 0.2) is 0 Å². The first-order valence-electron chi connectivity index (χ1n) is 7.44. The van der Waals surface area contributed by atoms with Gasteiger partial charge in [-0.25, -0.2) is 0 Å². The zero-order valence-electron chi connectivity index (χ0n) is 11.9. The minimum atomic E-state index is 0.382. The van der Waals surface area contributed by atoms with Crippen molar-refractivity contribution in [2.45, 2.75) is 25.1 Å². The van der Waals surface area contributed by atoms with Crippen LogP contribution in [0, 0.1) is 0 Å². The van der Waals surface area contributed by atoms with Crippen molar-refractivity contribution in [1.29, 1.82) is 0 Å². The van der Waals surface area contributed by atoms with E-state index in [0.29, 0.717) is 18.8 Å². The third-order valence-electron chi connectivity index (χ3n) is 4.22. The van der Waals surface area contributed by atoms with Crippen molar-refractivity contribution in [3.8, 4) is 0 Å². The zero-order chi connectivity index (χ0) is 13.8. The Morgan fingerprint density at radius 1 is 1.35 bits per heavy atom. The molecule has 2 saturated heterocycles. The topological polar surface area (TPSA) is 28.6 Å². The molecule has 0 aromatic carbocycles. The van der Waals surface area contributed by atoms with E-state index in [2.05, 4.69) is 33.5 Å². The summed E-state index contributed by atoms with van der Waals surface area (Å²) in [4.78, 5) is 9.51. The number of rotatable bonds is 5. The van der Waals surface area contributed by atoms with Crippen LogP contribution in [0.2, 0.25) is 0 Å². The molecule has 2 fully saturated rings. The minimum Gasteiger partial charge on any atom is -0.373 e. The van der Waals surface area contributed by atoms with Gasteiger partial charge in [-0.2, -0.15) is 0 Å². The molecule has 0 unspecified atom stereocenters. The molecule has 108 valence electrons. The number of nitrogens with zero attached hydrogens (tertiary/aromatic N) is 3. The van der Waals surface area contributed by atoms with E-state index in [4.69, 9.17) is 4.74 Å². The molecule has 1 aromatic rings. The molecule has 0 spiro atoms. The Labute approximate surface area is 121 Å². The van der Waals surface area contributed by atoms with Crippen molar-refractivity contribution in [2.24, 2.45) is 0 Å². The number of hydrogen-bond donors (Lipinski definition) is 0. The highest BCUT2D eigenvalue weighted by atomic mass is 16.5. The van der Waals surface area contributed by atoms with Crippen LogP contribution in [0.1, 0.15) is 12.1 Å². The lowest BCUT2D eigenvalue weighted by Crippen LogP contribution is -2.49. The van der Waals surface area contributed by atoms with Gasteiger partial charge in [-0.15, -0.1) is 6.58 Å². The van der Waals surface area contributed by atoms with Gasteiger partial charge in [-0.05, 0) is 18.6 Å². The fraction of sp³-hybridized carbons (Fsp3) is 0.562. The van der Waals surface area contributed by atoms with E-state index < -0.39 is 0 Å². The summed E-state index contributed by atoms with van der Waals surface area (Å²) >= 11 is 0. The Balaban J connectivity index is 1.52. The van der Waals surface area contributed by atoms with Crippen molar-refractivity contribution in [3.05, 3.63) is 42.7 Å². The molecule has 2 atom stereocenters. The van der Waals surface area contributed by atoms with Crippen molar-refractivity contribution >= 4 is 0 Å². The lowest BCUT2D eigenvalue weighted by Gasteiger charge is -2.37. The van der Waals surface area contributed by atoms with Crippen LogP contribution in [0.25, 0.3) is 0 Å². The SMILES string of the molecule is C=CCO[C@H]1C[C@@H]2CN(Cc3ccccn3)CCN2C1. The Kier molecular flexibility index (Phi) is 4.45. The highest BCUT2D eigenvalue weighted by molar-refractivity contribution is 5.04. The number of ether oxygens (including phenoxy) is 1. The second-order valence-corrected chi connectivity index (χ2v) is 5.68. The van der Waals surface area contributed by atoms with E-state index in [1.54, 1.807) is 0 Å². The smallest absolute Gasteiger partial charge is 0.0721 e. The van der Waals surface area contributed by atoms with Crippen LogP contribution in [0.5, 0.6) is 0 Å². The maximum Gasteiger partial charge on any atom is 0.0721 e. The predicted octanol–water partition coefficient (Wildman–Crippen LogP) is 1.54. The van der Waals surface area contributed by atoms with Gasteiger partial charge in [0.25, 0.3) is 0 Å². The first-order valence-corrected chi connectivity index (χ1v) is 7.44. The predicted molar refractivity (Wildman–Crippen MR) is 79.4 cm³/mol. The van der Waals surface area contributed by atoms with Crippen LogP contribution >= 0.6 is 0 Å². The molecule has 1 aromatic heterocycles. The minimum absolute atomic E-state index is 0.382. The van der Waals surface area contributed by atoms with Gasteiger partial charge in [0.1, 0.15) is 0 Å². The number of hydrogen-bond acceptors (Lipinski definition) is 4. The van der Waals surface area contributed by atoms with Crippen molar-refractivity contribution < 1.29 is 4.74 Å². The second-order valence-electron chi connectivity index (χ2n) is 5.68. The Bertz CT molecular complexity index is 437. The van der Waals surface area contributed by atoms with E-state index in [1.165, 1.54) is 5.69 Å². The Morgan fingerprint density at radius 3 is 3.10 bits per heavy atom. The molecule has 20 heavy (non-hydrogen) atoms. The molecule has 4 heteroatoms. The molecular formula is C16H23N3O. The number of piperazine rings is 1. The first-order chi connectivity index (χ1) is 9.85. The molecule has 0 radical (unpaired) electrons. The average Bonchev–Trinajstić information content (AvgIpc) is 2.88. The van der Waals surface area contributed by atoms with E-state index in [-0.39, 0.29) is 0 Å². The van der Waals surface area contributed by atoms with Gasteiger partial charge in [0, 0.05) is 45.0 Å². The van der Waals surface area contributed by atoms with Gasteiger partial charge in [0.2, 0.25) is 0 Å². The molecular weight excluding hydrogens is 250 g/mol. The first kappa shape index (κ1) is 13.7. The molecule has 0 N–H and O–H groups in total. The fourth-order valence-electron chi connectivity index (χ4n) is 3.25. The van der Waals surface area contributed by atoms with E-state index in [0.717, 1.165) is 39.1 Å². The summed E-state index contributed by atoms with van der Waals surface area (Å²) in [6, 6.07) is 6.78. The highest BCUT2D eigenvalue weighted by Crippen LogP contribution is 2.24. The fourth-order valence-corrected chi connectivity index (χ4v) is 3.25. The number of aromatic nitrogens is 1. The van der Waals surface area contributed by atoms with Gasteiger partial charge >= 0.3 is 0 Å². The summed E-state index contributed by atoms with van der Waals surface area (Å²) in [5, 5.41) is 0. The van der Waals surface area contributed by atoms with Crippen LogP contribution in [-0.4, -0.2) is 59.7 Å². The molecule has 0 amide bonds. The van der Waals surface area contributed by atoms with Crippen LogP contribution in [0.15, 0.2) is 37.1 Å². The molecule has 2 aliphatic heterocycles. The maximum absolute atomic E-state index is 5.81. The van der Waals surface area contributed by atoms with E-state index in [9.17, 15) is 0 Å². The van der Waals surface area contributed by atoms with Crippen LogP contribution < -0.4 is 0 Å². The van der Waals surface area contributed by atoms with Gasteiger partial charge in [0.05, 0.1) is 18.4 Å². The van der Waals surface area contributed by atoms with E-state index >= 15 is 0 Å². The maximum atomic E-state index is 5.81. The molecule has 4 nitrogen and oxygen atoms in total. The number of pyridine rings is 1. The third kappa shape index (κ3) is 3.26. The molecule has 0 aliphatic carbocycles. The quantitative estimate of drug-likeness (QED) is 0.761. The molecule has 2 aliphatic rings. The van der Waals surface area contributed by atoms with Crippen molar-refractivity contribution in [3.63, 3.8) is 0 Å². The monoisotopic (exact) mass is 273 g/mol. The summed E-state index contributed by atoms with van der Waals surface area (Å²) in [7, 11) is 0. The lowest BCUT2D eigenvalue weighted by molar-refractivity contribution is 0.0757. The van der Waals surface area contributed by atoms with Crippen LogP contribution in [0.3, 0.4) is 0 Å². The van der Waals surface area contributed by atoms with E-state index in [1.807, 2.05) is 18.3 Å². The lowest BCUT2D eigenvalue weighted by atomic mass is 10.1. The third-order valence-corrected chi connectivity index (χ3v) is 4.22. The molecule has 3 heterocycles. The standard InChI is InChI=1S/C16H23N3O/c1-2-9-20-16-10-15-12-18(7-8-19(15)13-16)11-14-5-3-4-6-17-14/h2-6,15-16H,1,7-13H2/t15-,16+/m1/s1. The van der Waals surface area contributed by atoms with Gasteiger partial charge in [-0.3, -0.25) is 14.8 Å². The normalized spacial score (nSPS) is 27.4. The Morgan fingerprint density at radius 2 is 2.30 bits per heavy atom. The second kappa shape index (κ2) is 6.48. The Hall–Kier alpha value is -1.23. The van der Waals surface area contributed by atoms with Crippen LogP contribution in [-0.2, 0) is 11.3 Å². The summed E-state index contributed by atoms with van der Waals surface area (Å²) in [6.45, 7) is 9.83. The molecule has 0 saturated carbocycles. The zero-order valence-corrected chi connectivity index (χ0v) is 11.9. The average molecular weight is 273 g/mol. The van der Waals surface area contributed by atoms with Crippen molar-refractivity contribution in [2.75, 3.05) is 32.8 Å². The summed E-state index contributed by atoms with van der Waals surface area (Å²) in [5.41, 5.74) is 1.17. The summed E-state index contributed by atoms with van der Waals surface area (Å²) in [5.74, 6) is 0. The largest absolute Gasteiger partial charge is 0.373 e. The van der Waals surface area contributed by atoms with Crippen molar-refractivity contribution in [1.82, 2.24) is 14.8 Å². The van der Waals surface area contributed by atoms with Crippen LogP contribution in [0.4, 0.5) is 0 Å². The molecule has 0 bridgehead atoms.